The smallest absolute Gasteiger partial charge is 0.197 e. The van der Waals surface area contributed by atoms with Crippen LogP contribution in [0.2, 0.25) is 0 Å². The van der Waals surface area contributed by atoms with Gasteiger partial charge in [0.15, 0.2) is 12.0 Å². The third-order valence-corrected chi connectivity index (χ3v) is 5.16. The minimum absolute atomic E-state index is 0.0908. The SMILES string of the molecule is C=C=C1SC(/C(=C/C)OC(C)OCC)=NC12CCCCC2. The van der Waals surface area contributed by atoms with Gasteiger partial charge in [0, 0.05) is 6.61 Å². The molecule has 1 saturated carbocycles. The first kappa shape index (κ1) is 16.4. The molecular formula is C17H25NO2S. The molecule has 1 unspecified atom stereocenters. The second kappa shape index (κ2) is 7.35. The van der Waals surface area contributed by atoms with Crippen LogP contribution in [0.25, 0.3) is 0 Å². The van der Waals surface area contributed by atoms with Gasteiger partial charge in [-0.25, -0.2) is 0 Å². The summed E-state index contributed by atoms with van der Waals surface area (Å²) in [7, 11) is 0. The van der Waals surface area contributed by atoms with Gasteiger partial charge in [-0.2, -0.15) is 0 Å². The highest BCUT2D eigenvalue weighted by atomic mass is 32.2. The molecule has 0 aromatic rings. The Labute approximate surface area is 132 Å². The first-order valence-corrected chi connectivity index (χ1v) is 8.60. The predicted octanol–water partition coefficient (Wildman–Crippen LogP) is 4.81. The highest BCUT2D eigenvalue weighted by Crippen LogP contribution is 2.49. The molecule has 4 heteroatoms. The maximum atomic E-state index is 5.88. The van der Waals surface area contributed by atoms with Crippen LogP contribution in [0, 0.1) is 0 Å². The Morgan fingerprint density at radius 2 is 2.19 bits per heavy atom. The molecular weight excluding hydrogens is 282 g/mol. The normalized spacial score (nSPS) is 22.9. The Morgan fingerprint density at radius 1 is 1.48 bits per heavy atom. The Balaban J connectivity index is 2.19. The lowest BCUT2D eigenvalue weighted by Crippen LogP contribution is -2.28. The second-order valence-electron chi connectivity index (χ2n) is 5.41. The molecule has 1 spiro atoms. The summed E-state index contributed by atoms with van der Waals surface area (Å²) in [5, 5.41) is 0.942. The first-order chi connectivity index (χ1) is 10.1. The van der Waals surface area contributed by atoms with E-state index < -0.39 is 0 Å². The summed E-state index contributed by atoms with van der Waals surface area (Å²) in [5.41, 5.74) is 3.02. The van der Waals surface area contributed by atoms with Crippen molar-refractivity contribution < 1.29 is 9.47 Å². The molecule has 0 N–H and O–H groups in total. The van der Waals surface area contributed by atoms with Crippen molar-refractivity contribution in [3.05, 3.63) is 29.1 Å². The van der Waals surface area contributed by atoms with Crippen LogP contribution in [-0.2, 0) is 9.47 Å². The fraction of sp³-hybridized carbons (Fsp3) is 0.647. The van der Waals surface area contributed by atoms with E-state index >= 15 is 0 Å². The molecule has 2 aliphatic rings. The van der Waals surface area contributed by atoms with E-state index in [1.54, 1.807) is 11.8 Å². The highest BCUT2D eigenvalue weighted by Gasteiger charge is 2.42. The molecule has 0 bridgehead atoms. The van der Waals surface area contributed by atoms with Crippen molar-refractivity contribution in [1.82, 2.24) is 0 Å². The molecule has 21 heavy (non-hydrogen) atoms. The standard InChI is InChI=1S/C17H25NO2S/c1-5-14(20-13(4)19-7-3)16-18-17(15(6-2)21-16)11-9-8-10-12-17/h5,13H,2,7-12H2,1,3-4H3/b14-5-. The van der Waals surface area contributed by atoms with Crippen molar-refractivity contribution in [3.8, 4) is 0 Å². The minimum atomic E-state index is -0.261. The predicted molar refractivity (Wildman–Crippen MR) is 89.4 cm³/mol. The van der Waals surface area contributed by atoms with Crippen LogP contribution >= 0.6 is 11.8 Å². The van der Waals surface area contributed by atoms with Crippen LogP contribution in [-0.4, -0.2) is 23.5 Å². The van der Waals surface area contributed by atoms with Gasteiger partial charge in [0.25, 0.3) is 0 Å². The van der Waals surface area contributed by atoms with Gasteiger partial charge in [-0.15, -0.1) is 5.73 Å². The molecule has 0 radical (unpaired) electrons. The second-order valence-corrected chi connectivity index (χ2v) is 6.41. The van der Waals surface area contributed by atoms with E-state index in [-0.39, 0.29) is 11.8 Å². The van der Waals surface area contributed by atoms with Crippen LogP contribution in [0.3, 0.4) is 0 Å². The lowest BCUT2D eigenvalue weighted by atomic mass is 9.82. The number of hydrogen-bond donors (Lipinski definition) is 0. The average Bonchev–Trinajstić information content (AvgIpc) is 2.83. The number of ether oxygens (including phenoxy) is 2. The number of hydrogen-bond acceptors (Lipinski definition) is 4. The largest absolute Gasteiger partial charge is 0.463 e. The maximum Gasteiger partial charge on any atom is 0.197 e. The molecule has 0 amide bonds. The molecule has 1 fully saturated rings. The van der Waals surface area contributed by atoms with Crippen LogP contribution in [0.1, 0.15) is 52.9 Å². The van der Waals surface area contributed by atoms with Gasteiger partial charge in [0.2, 0.25) is 0 Å². The summed E-state index contributed by atoms with van der Waals surface area (Å²) < 4.78 is 11.3. The highest BCUT2D eigenvalue weighted by molar-refractivity contribution is 8.18. The monoisotopic (exact) mass is 307 g/mol. The van der Waals surface area contributed by atoms with E-state index in [9.17, 15) is 0 Å². The van der Waals surface area contributed by atoms with Gasteiger partial charge in [0.1, 0.15) is 10.6 Å². The van der Waals surface area contributed by atoms with Gasteiger partial charge < -0.3 is 9.47 Å². The minimum Gasteiger partial charge on any atom is -0.463 e. The zero-order valence-corrected chi connectivity index (χ0v) is 14.1. The topological polar surface area (TPSA) is 30.8 Å². The van der Waals surface area contributed by atoms with Gasteiger partial charge >= 0.3 is 0 Å². The van der Waals surface area contributed by atoms with Crippen molar-refractivity contribution in [1.29, 1.82) is 0 Å². The van der Waals surface area contributed by atoms with E-state index in [0.29, 0.717) is 6.61 Å². The van der Waals surface area contributed by atoms with E-state index in [2.05, 4.69) is 12.3 Å². The number of nitrogens with zero attached hydrogens (tertiary/aromatic N) is 1. The quantitative estimate of drug-likeness (QED) is 0.415. The van der Waals surface area contributed by atoms with Crippen molar-refractivity contribution in [2.45, 2.75) is 64.7 Å². The molecule has 3 nitrogen and oxygen atoms in total. The molecule has 1 aliphatic heterocycles. The molecule has 1 heterocycles. The molecule has 0 aromatic heterocycles. The van der Waals surface area contributed by atoms with Gasteiger partial charge in [-0.05, 0) is 39.7 Å². The average molecular weight is 307 g/mol. The lowest BCUT2D eigenvalue weighted by Gasteiger charge is -2.30. The zero-order chi connectivity index (χ0) is 15.3. The zero-order valence-electron chi connectivity index (χ0n) is 13.3. The fourth-order valence-electron chi connectivity index (χ4n) is 2.93. The number of allylic oxidation sites excluding steroid dienone is 1. The fourth-order valence-corrected chi connectivity index (χ4v) is 4.12. The molecule has 1 atom stereocenters. The Kier molecular flexibility index (Phi) is 5.74. The van der Waals surface area contributed by atoms with Gasteiger partial charge in [-0.1, -0.05) is 37.6 Å². The number of thioether (sulfide) groups is 1. The summed E-state index contributed by atoms with van der Waals surface area (Å²) in [4.78, 5) is 6.16. The van der Waals surface area contributed by atoms with Crippen LogP contribution < -0.4 is 0 Å². The molecule has 2 rings (SSSR count). The molecule has 116 valence electrons. The van der Waals surface area contributed by atoms with Crippen molar-refractivity contribution in [2.24, 2.45) is 4.99 Å². The lowest BCUT2D eigenvalue weighted by molar-refractivity contribution is -0.0935. The molecule has 0 aromatic carbocycles. The van der Waals surface area contributed by atoms with Crippen molar-refractivity contribution in [2.75, 3.05) is 6.61 Å². The van der Waals surface area contributed by atoms with Crippen molar-refractivity contribution in [3.63, 3.8) is 0 Å². The molecule has 0 saturated heterocycles. The van der Waals surface area contributed by atoms with E-state index in [1.807, 2.05) is 26.8 Å². The van der Waals surface area contributed by atoms with Crippen LogP contribution in [0.4, 0.5) is 0 Å². The summed E-state index contributed by atoms with van der Waals surface area (Å²) in [5.74, 6) is 0.802. The number of rotatable bonds is 5. The van der Waals surface area contributed by atoms with E-state index in [4.69, 9.17) is 14.5 Å². The summed E-state index contributed by atoms with van der Waals surface area (Å²) in [6.45, 7) is 10.3. The first-order valence-electron chi connectivity index (χ1n) is 7.78. The van der Waals surface area contributed by atoms with E-state index in [0.717, 1.165) is 28.5 Å². The summed E-state index contributed by atoms with van der Waals surface area (Å²) in [6.07, 6.45) is 7.65. The van der Waals surface area contributed by atoms with Crippen LogP contribution in [0.5, 0.6) is 0 Å². The third kappa shape index (κ3) is 3.63. The Morgan fingerprint density at radius 3 is 2.76 bits per heavy atom. The van der Waals surface area contributed by atoms with Gasteiger partial charge in [0.05, 0.1) is 4.91 Å². The Hall–Kier alpha value is -0.960. The van der Waals surface area contributed by atoms with Crippen LogP contribution in [0.15, 0.2) is 34.0 Å². The van der Waals surface area contributed by atoms with Crippen molar-refractivity contribution >= 4 is 16.8 Å². The Bertz CT molecular complexity index is 483. The maximum absolute atomic E-state index is 5.88. The summed E-state index contributed by atoms with van der Waals surface area (Å²) >= 11 is 1.65. The number of aliphatic imine (C=N–C) groups is 1. The summed E-state index contributed by atoms with van der Waals surface area (Å²) in [6, 6.07) is 0. The van der Waals surface area contributed by atoms with Gasteiger partial charge in [-0.3, -0.25) is 4.99 Å². The third-order valence-electron chi connectivity index (χ3n) is 3.95. The molecule has 1 aliphatic carbocycles. The van der Waals surface area contributed by atoms with E-state index in [1.165, 1.54) is 19.3 Å².